The summed E-state index contributed by atoms with van der Waals surface area (Å²) in [7, 11) is 1.62. The molecule has 6 heteroatoms. The van der Waals surface area contributed by atoms with Crippen molar-refractivity contribution in [3.8, 4) is 5.75 Å². The molecule has 122 valence electrons. The predicted molar refractivity (Wildman–Crippen MR) is 92.6 cm³/mol. The number of thiophene rings is 1. The molecule has 2 aromatic rings. The van der Waals surface area contributed by atoms with E-state index in [1.54, 1.807) is 7.11 Å². The molecule has 2 aromatic heterocycles. The van der Waals surface area contributed by atoms with E-state index in [-0.39, 0.29) is 11.9 Å². The minimum absolute atomic E-state index is 0.0858. The zero-order valence-corrected chi connectivity index (χ0v) is 14.5. The van der Waals surface area contributed by atoms with Crippen LogP contribution in [0.4, 0.5) is 5.82 Å². The number of aromatic nitrogens is 1. The molecule has 0 N–H and O–H groups in total. The van der Waals surface area contributed by atoms with E-state index in [9.17, 15) is 4.79 Å². The summed E-state index contributed by atoms with van der Waals surface area (Å²) in [6.07, 6.45) is 0. The molecule has 1 aliphatic rings. The van der Waals surface area contributed by atoms with E-state index in [2.05, 4.69) is 16.8 Å². The van der Waals surface area contributed by atoms with Gasteiger partial charge in [-0.25, -0.2) is 4.98 Å². The van der Waals surface area contributed by atoms with E-state index in [1.807, 2.05) is 41.5 Å². The topological polar surface area (TPSA) is 45.7 Å². The van der Waals surface area contributed by atoms with Gasteiger partial charge < -0.3 is 14.5 Å². The quantitative estimate of drug-likeness (QED) is 0.868. The Kier molecular flexibility index (Phi) is 4.52. The van der Waals surface area contributed by atoms with Gasteiger partial charge in [0.05, 0.1) is 12.0 Å². The predicted octanol–water partition coefficient (Wildman–Crippen LogP) is 2.81. The minimum atomic E-state index is 0.0858. The van der Waals surface area contributed by atoms with Crippen molar-refractivity contribution >= 4 is 23.1 Å². The second-order valence-electron chi connectivity index (χ2n) is 5.78. The Morgan fingerprint density at radius 2 is 2.22 bits per heavy atom. The Morgan fingerprint density at radius 3 is 2.87 bits per heavy atom. The van der Waals surface area contributed by atoms with Gasteiger partial charge in [0.1, 0.15) is 11.6 Å². The van der Waals surface area contributed by atoms with E-state index in [4.69, 9.17) is 4.74 Å². The zero-order valence-electron chi connectivity index (χ0n) is 13.7. The summed E-state index contributed by atoms with van der Waals surface area (Å²) in [4.78, 5) is 22.2. The third-order valence-electron chi connectivity index (χ3n) is 4.11. The van der Waals surface area contributed by atoms with Crippen LogP contribution in [0.25, 0.3) is 0 Å². The molecule has 1 fully saturated rings. The average molecular weight is 331 g/mol. The maximum absolute atomic E-state index is 12.7. The second-order valence-corrected chi connectivity index (χ2v) is 6.69. The summed E-state index contributed by atoms with van der Waals surface area (Å²) in [5.74, 6) is 1.82. The number of piperazine rings is 1. The van der Waals surface area contributed by atoms with Crippen LogP contribution in [0.2, 0.25) is 0 Å². The van der Waals surface area contributed by atoms with Gasteiger partial charge in [-0.3, -0.25) is 4.79 Å². The number of carbonyl (C=O) groups is 1. The number of aryl methyl sites for hydroxylation is 1. The van der Waals surface area contributed by atoms with Gasteiger partial charge in [-0.2, -0.15) is 0 Å². The molecule has 0 aromatic carbocycles. The molecule has 3 heterocycles. The largest absolute Gasteiger partial charge is 0.496 e. The van der Waals surface area contributed by atoms with Gasteiger partial charge in [0.25, 0.3) is 5.91 Å². The van der Waals surface area contributed by atoms with Crippen LogP contribution in [0, 0.1) is 6.92 Å². The smallest absolute Gasteiger partial charge is 0.264 e. The van der Waals surface area contributed by atoms with Crippen molar-refractivity contribution in [1.82, 2.24) is 9.88 Å². The Balaban J connectivity index is 1.70. The third-order valence-corrected chi connectivity index (χ3v) is 5.00. The van der Waals surface area contributed by atoms with Crippen LogP contribution in [0.15, 0.2) is 29.6 Å². The van der Waals surface area contributed by atoms with Crippen LogP contribution in [0.3, 0.4) is 0 Å². The number of ether oxygens (including phenoxy) is 1. The Bertz CT molecular complexity index is 701. The summed E-state index contributed by atoms with van der Waals surface area (Å²) in [5.41, 5.74) is 1.01. The van der Waals surface area contributed by atoms with Gasteiger partial charge in [0.15, 0.2) is 0 Å². The summed E-state index contributed by atoms with van der Waals surface area (Å²) >= 11 is 1.43. The number of amides is 1. The maximum atomic E-state index is 12.7. The molecule has 1 amide bonds. The van der Waals surface area contributed by atoms with Gasteiger partial charge in [-0.05, 0) is 26.0 Å². The third kappa shape index (κ3) is 3.32. The molecule has 3 rings (SSSR count). The number of rotatable bonds is 3. The SMILES string of the molecule is COc1csc(C(=O)N2CCN(c3cccc(C)n3)CC2C)c1. The summed E-state index contributed by atoms with van der Waals surface area (Å²) in [5, 5.41) is 1.87. The van der Waals surface area contributed by atoms with Crippen molar-refractivity contribution in [3.05, 3.63) is 40.2 Å². The highest BCUT2D eigenvalue weighted by molar-refractivity contribution is 7.12. The molecule has 23 heavy (non-hydrogen) atoms. The molecule has 0 aliphatic carbocycles. The Morgan fingerprint density at radius 1 is 1.39 bits per heavy atom. The van der Waals surface area contributed by atoms with Crippen LogP contribution < -0.4 is 9.64 Å². The first-order valence-electron chi connectivity index (χ1n) is 7.70. The number of anilines is 1. The highest BCUT2D eigenvalue weighted by Gasteiger charge is 2.29. The first-order chi connectivity index (χ1) is 11.1. The lowest BCUT2D eigenvalue weighted by Crippen LogP contribution is -2.54. The van der Waals surface area contributed by atoms with E-state index < -0.39 is 0 Å². The lowest BCUT2D eigenvalue weighted by Gasteiger charge is -2.40. The molecule has 1 aliphatic heterocycles. The zero-order chi connectivity index (χ0) is 16.4. The van der Waals surface area contributed by atoms with Crippen LogP contribution in [0.5, 0.6) is 5.75 Å². The number of carbonyl (C=O) groups excluding carboxylic acids is 1. The first kappa shape index (κ1) is 15.8. The van der Waals surface area contributed by atoms with Crippen LogP contribution in [-0.2, 0) is 0 Å². The highest BCUT2D eigenvalue weighted by atomic mass is 32.1. The van der Waals surface area contributed by atoms with Gasteiger partial charge >= 0.3 is 0 Å². The maximum Gasteiger partial charge on any atom is 0.264 e. The second kappa shape index (κ2) is 6.58. The number of methoxy groups -OCH3 is 1. The summed E-state index contributed by atoms with van der Waals surface area (Å²) < 4.78 is 5.17. The number of hydrogen-bond acceptors (Lipinski definition) is 5. The first-order valence-corrected chi connectivity index (χ1v) is 8.58. The monoisotopic (exact) mass is 331 g/mol. The standard InChI is InChI=1S/C17H21N3O2S/c1-12-5-4-6-16(18-12)19-7-8-20(13(2)10-19)17(21)15-9-14(22-3)11-23-15/h4-6,9,11,13H,7-8,10H2,1-3H3. The molecule has 1 saturated heterocycles. The molecule has 0 spiro atoms. The molecule has 1 unspecified atom stereocenters. The van der Waals surface area contributed by atoms with Crippen LogP contribution >= 0.6 is 11.3 Å². The number of nitrogens with zero attached hydrogens (tertiary/aromatic N) is 3. The normalized spacial score (nSPS) is 18.1. The van der Waals surface area contributed by atoms with Gasteiger partial charge in [0, 0.05) is 42.8 Å². The molecule has 0 radical (unpaired) electrons. The lowest BCUT2D eigenvalue weighted by molar-refractivity contribution is 0.0678. The highest BCUT2D eigenvalue weighted by Crippen LogP contribution is 2.25. The molecule has 5 nitrogen and oxygen atoms in total. The van der Waals surface area contributed by atoms with Crippen molar-refractivity contribution < 1.29 is 9.53 Å². The van der Waals surface area contributed by atoms with E-state index in [0.717, 1.165) is 35.2 Å². The fraction of sp³-hybridized carbons (Fsp3) is 0.412. The molecule has 1 atom stereocenters. The fourth-order valence-corrected chi connectivity index (χ4v) is 3.66. The average Bonchev–Trinajstić information content (AvgIpc) is 3.03. The molecular weight excluding hydrogens is 310 g/mol. The molecule has 0 bridgehead atoms. The van der Waals surface area contributed by atoms with Crippen molar-refractivity contribution in [1.29, 1.82) is 0 Å². The number of pyridine rings is 1. The van der Waals surface area contributed by atoms with E-state index in [1.165, 1.54) is 11.3 Å². The van der Waals surface area contributed by atoms with E-state index >= 15 is 0 Å². The minimum Gasteiger partial charge on any atom is -0.496 e. The lowest BCUT2D eigenvalue weighted by atomic mass is 10.1. The van der Waals surface area contributed by atoms with Gasteiger partial charge in [0.2, 0.25) is 0 Å². The van der Waals surface area contributed by atoms with Gasteiger partial charge in [-0.1, -0.05) is 6.07 Å². The Hall–Kier alpha value is -2.08. The molecule has 0 saturated carbocycles. The van der Waals surface area contributed by atoms with Crippen LogP contribution in [0.1, 0.15) is 22.3 Å². The van der Waals surface area contributed by atoms with Crippen molar-refractivity contribution in [2.24, 2.45) is 0 Å². The van der Waals surface area contributed by atoms with Crippen molar-refractivity contribution in [3.63, 3.8) is 0 Å². The van der Waals surface area contributed by atoms with E-state index in [0.29, 0.717) is 6.54 Å². The summed E-state index contributed by atoms with van der Waals surface area (Å²) in [6, 6.07) is 8.01. The van der Waals surface area contributed by atoms with Crippen molar-refractivity contribution in [2.75, 3.05) is 31.6 Å². The summed E-state index contributed by atoms with van der Waals surface area (Å²) in [6.45, 7) is 6.39. The van der Waals surface area contributed by atoms with Crippen LogP contribution in [-0.4, -0.2) is 48.6 Å². The molecular formula is C17H21N3O2S. The van der Waals surface area contributed by atoms with Crippen molar-refractivity contribution in [2.45, 2.75) is 19.9 Å². The Labute approximate surface area is 140 Å². The number of hydrogen-bond donors (Lipinski definition) is 0. The fourth-order valence-electron chi connectivity index (χ4n) is 2.85. The van der Waals surface area contributed by atoms with Gasteiger partial charge in [-0.15, -0.1) is 11.3 Å².